The molecule has 104 valence electrons. The van der Waals surface area contributed by atoms with E-state index in [1.807, 2.05) is 30.3 Å². The fourth-order valence-corrected chi connectivity index (χ4v) is 3.51. The number of amides is 1. The third-order valence-electron chi connectivity index (χ3n) is 4.51. The zero-order valence-electron chi connectivity index (χ0n) is 10.9. The van der Waals surface area contributed by atoms with Gasteiger partial charge in [-0.1, -0.05) is 36.8 Å². The highest BCUT2D eigenvalue weighted by Gasteiger charge is 2.40. The van der Waals surface area contributed by atoms with Crippen molar-refractivity contribution in [2.45, 2.75) is 37.8 Å². The topological polar surface area (TPSA) is 55.1 Å². The van der Waals surface area contributed by atoms with Gasteiger partial charge in [0.2, 0.25) is 5.91 Å². The molecule has 1 aromatic rings. The van der Waals surface area contributed by atoms with Crippen molar-refractivity contribution in [3.8, 4) is 0 Å². The Morgan fingerprint density at radius 1 is 1.21 bits per heavy atom. The van der Waals surface area contributed by atoms with Gasteiger partial charge < -0.3 is 11.1 Å². The summed E-state index contributed by atoms with van der Waals surface area (Å²) in [7, 11) is 0. The van der Waals surface area contributed by atoms with Gasteiger partial charge in [0.1, 0.15) is 6.04 Å². The van der Waals surface area contributed by atoms with Gasteiger partial charge >= 0.3 is 0 Å². The lowest BCUT2D eigenvalue weighted by atomic mass is 9.95. The molecule has 19 heavy (non-hydrogen) atoms. The number of halogens is 1. The van der Waals surface area contributed by atoms with Crippen molar-refractivity contribution in [1.82, 2.24) is 5.32 Å². The highest BCUT2D eigenvalue weighted by molar-refractivity contribution is 5.85. The first-order valence-corrected chi connectivity index (χ1v) is 6.85. The summed E-state index contributed by atoms with van der Waals surface area (Å²) in [6, 6.07) is 9.41. The van der Waals surface area contributed by atoms with Crippen molar-refractivity contribution in [2.24, 2.45) is 17.6 Å². The van der Waals surface area contributed by atoms with Gasteiger partial charge in [0.15, 0.2) is 0 Å². The summed E-state index contributed by atoms with van der Waals surface area (Å²) in [5, 5.41) is 3.14. The molecule has 0 spiro atoms. The van der Waals surface area contributed by atoms with E-state index in [0.29, 0.717) is 12.0 Å². The molecule has 2 aliphatic carbocycles. The molecule has 2 aliphatic rings. The van der Waals surface area contributed by atoms with Crippen LogP contribution < -0.4 is 11.1 Å². The van der Waals surface area contributed by atoms with E-state index in [-0.39, 0.29) is 18.3 Å². The van der Waals surface area contributed by atoms with Crippen molar-refractivity contribution in [3.63, 3.8) is 0 Å². The summed E-state index contributed by atoms with van der Waals surface area (Å²) in [5.41, 5.74) is 6.89. The summed E-state index contributed by atoms with van der Waals surface area (Å²) in [5.74, 6) is 1.51. The van der Waals surface area contributed by atoms with Gasteiger partial charge in [0, 0.05) is 6.04 Å². The van der Waals surface area contributed by atoms with E-state index in [1.54, 1.807) is 0 Å². The number of nitrogens with two attached hydrogens (primary N) is 1. The monoisotopic (exact) mass is 280 g/mol. The quantitative estimate of drug-likeness (QED) is 0.893. The van der Waals surface area contributed by atoms with Gasteiger partial charge in [0.25, 0.3) is 0 Å². The van der Waals surface area contributed by atoms with Crippen LogP contribution in [0.15, 0.2) is 30.3 Å². The number of nitrogens with one attached hydrogen (secondary N) is 1. The van der Waals surface area contributed by atoms with Gasteiger partial charge in [0.05, 0.1) is 0 Å². The minimum Gasteiger partial charge on any atom is -0.351 e. The molecule has 3 nitrogen and oxygen atoms in total. The molecule has 4 atom stereocenters. The smallest absolute Gasteiger partial charge is 0.241 e. The Bertz CT molecular complexity index is 437. The van der Waals surface area contributed by atoms with Crippen molar-refractivity contribution >= 4 is 18.3 Å². The maximum Gasteiger partial charge on any atom is 0.241 e. The Balaban J connectivity index is 0.00000133. The summed E-state index contributed by atoms with van der Waals surface area (Å²) >= 11 is 0. The Kier molecular flexibility index (Phi) is 4.48. The second kappa shape index (κ2) is 5.93. The zero-order chi connectivity index (χ0) is 12.5. The Labute approximate surface area is 120 Å². The van der Waals surface area contributed by atoms with Crippen LogP contribution in [0.3, 0.4) is 0 Å². The van der Waals surface area contributed by atoms with Gasteiger partial charge in [-0.25, -0.2) is 0 Å². The number of carbonyl (C=O) groups excluding carboxylic acids is 1. The summed E-state index contributed by atoms with van der Waals surface area (Å²) in [6.45, 7) is 0. The molecule has 0 aliphatic heterocycles. The lowest BCUT2D eigenvalue weighted by Crippen LogP contribution is -2.43. The Morgan fingerprint density at radius 3 is 2.53 bits per heavy atom. The first kappa shape index (κ1) is 14.4. The number of hydrogen-bond donors (Lipinski definition) is 2. The number of rotatable bonds is 3. The lowest BCUT2D eigenvalue weighted by Gasteiger charge is -2.24. The molecule has 3 N–H and O–H groups in total. The van der Waals surface area contributed by atoms with Crippen LogP contribution in [0.4, 0.5) is 0 Å². The average molecular weight is 281 g/mol. The average Bonchev–Trinajstić information content (AvgIpc) is 3.01. The molecule has 0 aromatic heterocycles. The molecular weight excluding hydrogens is 260 g/mol. The molecule has 4 unspecified atom stereocenters. The molecule has 0 heterocycles. The van der Waals surface area contributed by atoms with Crippen LogP contribution in [0, 0.1) is 11.8 Å². The Hall–Kier alpha value is -1.06. The lowest BCUT2D eigenvalue weighted by molar-refractivity contribution is -0.123. The van der Waals surface area contributed by atoms with Crippen LogP contribution in [0.25, 0.3) is 0 Å². The number of carbonyl (C=O) groups is 1. The standard InChI is InChI=1S/C15H20N2O.ClH/c16-14(11-4-2-1-3-5-11)15(18)17-13-9-10-6-7-12(13)8-10;/h1-5,10,12-14H,6-9,16H2,(H,17,18);1H. The molecule has 1 amide bonds. The van der Waals surface area contributed by atoms with Gasteiger partial charge in [-0.05, 0) is 36.7 Å². The normalized spacial score (nSPS) is 29.6. The van der Waals surface area contributed by atoms with E-state index >= 15 is 0 Å². The maximum atomic E-state index is 12.1. The molecule has 4 heteroatoms. The first-order chi connectivity index (χ1) is 8.74. The molecule has 2 fully saturated rings. The van der Waals surface area contributed by atoms with Crippen LogP contribution in [0.5, 0.6) is 0 Å². The molecule has 2 bridgehead atoms. The second-order valence-electron chi connectivity index (χ2n) is 5.68. The first-order valence-electron chi connectivity index (χ1n) is 6.85. The fraction of sp³-hybridized carbons (Fsp3) is 0.533. The van der Waals surface area contributed by atoms with Crippen LogP contribution in [-0.4, -0.2) is 11.9 Å². The fourth-order valence-electron chi connectivity index (χ4n) is 3.51. The van der Waals surface area contributed by atoms with E-state index in [2.05, 4.69) is 5.32 Å². The highest BCUT2D eigenvalue weighted by Crippen LogP contribution is 2.44. The third-order valence-corrected chi connectivity index (χ3v) is 4.51. The van der Waals surface area contributed by atoms with Crippen LogP contribution >= 0.6 is 12.4 Å². The predicted octanol–water partition coefficient (Wildman–Crippen LogP) is 2.41. The van der Waals surface area contributed by atoms with Crippen molar-refractivity contribution in [1.29, 1.82) is 0 Å². The molecule has 1 aromatic carbocycles. The van der Waals surface area contributed by atoms with E-state index in [0.717, 1.165) is 17.9 Å². The van der Waals surface area contributed by atoms with Crippen LogP contribution in [-0.2, 0) is 4.79 Å². The van der Waals surface area contributed by atoms with E-state index in [1.165, 1.54) is 19.3 Å². The number of hydrogen-bond acceptors (Lipinski definition) is 2. The van der Waals surface area contributed by atoms with Crippen LogP contribution in [0.1, 0.15) is 37.3 Å². The largest absolute Gasteiger partial charge is 0.351 e. The van der Waals surface area contributed by atoms with Crippen molar-refractivity contribution in [3.05, 3.63) is 35.9 Å². The minimum atomic E-state index is -0.537. The van der Waals surface area contributed by atoms with Crippen molar-refractivity contribution < 1.29 is 4.79 Å². The molecule has 3 rings (SSSR count). The SMILES string of the molecule is Cl.NC(C(=O)NC1CC2CCC1C2)c1ccccc1. The van der Waals surface area contributed by atoms with Crippen molar-refractivity contribution in [2.75, 3.05) is 0 Å². The highest BCUT2D eigenvalue weighted by atomic mass is 35.5. The predicted molar refractivity (Wildman–Crippen MR) is 78.0 cm³/mol. The second-order valence-corrected chi connectivity index (χ2v) is 5.68. The van der Waals surface area contributed by atoms with Gasteiger partial charge in [-0.15, -0.1) is 12.4 Å². The van der Waals surface area contributed by atoms with E-state index < -0.39 is 6.04 Å². The molecular formula is C15H21ClN2O. The van der Waals surface area contributed by atoms with Gasteiger partial charge in [-0.2, -0.15) is 0 Å². The van der Waals surface area contributed by atoms with E-state index in [4.69, 9.17) is 5.73 Å². The molecule has 0 radical (unpaired) electrons. The van der Waals surface area contributed by atoms with E-state index in [9.17, 15) is 4.79 Å². The Morgan fingerprint density at radius 2 is 1.95 bits per heavy atom. The summed E-state index contributed by atoms with van der Waals surface area (Å²) in [6.07, 6.45) is 5.07. The number of benzene rings is 1. The maximum absolute atomic E-state index is 12.1. The molecule has 0 saturated heterocycles. The number of fused-ring (bicyclic) bond motifs is 2. The summed E-state index contributed by atoms with van der Waals surface area (Å²) in [4.78, 5) is 12.1. The van der Waals surface area contributed by atoms with Crippen LogP contribution in [0.2, 0.25) is 0 Å². The summed E-state index contributed by atoms with van der Waals surface area (Å²) < 4.78 is 0. The van der Waals surface area contributed by atoms with Gasteiger partial charge in [-0.3, -0.25) is 4.79 Å². The minimum absolute atomic E-state index is 0. The molecule has 2 saturated carbocycles. The zero-order valence-corrected chi connectivity index (χ0v) is 11.7. The third kappa shape index (κ3) is 2.93.